The fraction of sp³-hybridized carbons (Fsp3) is 0.552. The molecule has 0 saturated heterocycles. The van der Waals surface area contributed by atoms with Gasteiger partial charge in [-0.2, -0.15) is 8.78 Å². The summed E-state index contributed by atoms with van der Waals surface area (Å²) >= 11 is 0.0638. The van der Waals surface area contributed by atoms with Crippen LogP contribution < -0.4 is 0 Å². The maximum atomic E-state index is 14.3. The van der Waals surface area contributed by atoms with Gasteiger partial charge in [-0.05, 0) is 61.3 Å². The molecule has 200 valence electrons. The Labute approximate surface area is 216 Å². The lowest BCUT2D eigenvalue weighted by Crippen LogP contribution is -2.15. The van der Waals surface area contributed by atoms with Gasteiger partial charge in [-0.25, -0.2) is 13.6 Å². The van der Waals surface area contributed by atoms with Crippen LogP contribution in [-0.2, 0) is 0 Å². The van der Waals surface area contributed by atoms with E-state index in [2.05, 4.69) is 6.92 Å². The van der Waals surface area contributed by atoms with Gasteiger partial charge in [0, 0.05) is 0 Å². The first-order valence-corrected chi connectivity index (χ1v) is 13.9. The van der Waals surface area contributed by atoms with Crippen molar-refractivity contribution in [3.8, 4) is 0 Å². The summed E-state index contributed by atoms with van der Waals surface area (Å²) in [5, 5.41) is 8.38. The van der Waals surface area contributed by atoms with E-state index in [0.717, 1.165) is 25.7 Å². The summed E-state index contributed by atoms with van der Waals surface area (Å²) in [7, 11) is 0. The molecule has 0 aliphatic heterocycles. The maximum Gasteiger partial charge on any atom is 0.335 e. The third-order valence-electron chi connectivity index (χ3n) is 6.82. The van der Waals surface area contributed by atoms with Crippen LogP contribution in [0.3, 0.4) is 0 Å². The van der Waals surface area contributed by atoms with Crippen LogP contribution >= 0.6 is 11.8 Å². The molecule has 0 atom stereocenters. The van der Waals surface area contributed by atoms with Crippen LogP contribution in [0.1, 0.15) is 106 Å². The van der Waals surface area contributed by atoms with Crippen molar-refractivity contribution in [1.29, 1.82) is 0 Å². The first kappa shape index (κ1) is 30.2. The highest BCUT2D eigenvalue weighted by molar-refractivity contribution is 7.99. The monoisotopic (exact) mass is 526 g/mol. The minimum Gasteiger partial charge on any atom is -0.478 e. The summed E-state index contributed by atoms with van der Waals surface area (Å²) in [4.78, 5) is 9.89. The molecule has 7 heteroatoms. The van der Waals surface area contributed by atoms with Gasteiger partial charge in [0.15, 0.2) is 11.6 Å². The molecule has 0 radical (unpaired) electrons. The highest BCUT2D eigenvalue weighted by Crippen LogP contribution is 2.40. The van der Waals surface area contributed by atoms with Gasteiger partial charge >= 0.3 is 5.97 Å². The van der Waals surface area contributed by atoms with Gasteiger partial charge in [-0.1, -0.05) is 94.3 Å². The molecule has 0 heterocycles. The number of hydrogen-bond acceptors (Lipinski definition) is 2. The highest BCUT2D eigenvalue weighted by Gasteiger charge is 2.26. The van der Waals surface area contributed by atoms with Gasteiger partial charge in [0.25, 0.3) is 5.76 Å². The number of thioether (sulfide) groups is 1. The van der Waals surface area contributed by atoms with E-state index in [9.17, 15) is 22.4 Å². The van der Waals surface area contributed by atoms with Crippen LogP contribution in [0.15, 0.2) is 47.4 Å². The predicted molar refractivity (Wildman–Crippen MR) is 139 cm³/mol. The number of hydrogen-bond donors (Lipinski definition) is 1. The Morgan fingerprint density at radius 1 is 0.889 bits per heavy atom. The number of unbranched alkanes of at least 4 members (excludes halogenated alkanes) is 6. The Balaban J connectivity index is 0.000000425. The van der Waals surface area contributed by atoms with Crippen molar-refractivity contribution >= 4 is 17.7 Å². The molecule has 1 N–H and O–H groups in total. The molecule has 1 fully saturated rings. The number of halogens is 4. The van der Waals surface area contributed by atoms with E-state index in [0.29, 0.717) is 17.0 Å². The molecule has 2 aromatic carbocycles. The second-order valence-electron chi connectivity index (χ2n) is 9.46. The van der Waals surface area contributed by atoms with Gasteiger partial charge in [0.1, 0.15) is 0 Å². The first-order chi connectivity index (χ1) is 17.3. The summed E-state index contributed by atoms with van der Waals surface area (Å²) in [5.41, 5.74) is 0.693. The van der Waals surface area contributed by atoms with Gasteiger partial charge < -0.3 is 5.11 Å². The molecule has 2 aromatic rings. The summed E-state index contributed by atoms with van der Waals surface area (Å²) in [6.45, 7) is 2.23. The van der Waals surface area contributed by atoms with Crippen LogP contribution in [-0.4, -0.2) is 16.8 Å². The molecule has 1 aliphatic rings. The van der Waals surface area contributed by atoms with Crippen molar-refractivity contribution in [3.63, 3.8) is 0 Å². The van der Waals surface area contributed by atoms with Crippen molar-refractivity contribution in [2.75, 3.05) is 0 Å². The molecule has 36 heavy (non-hydrogen) atoms. The van der Waals surface area contributed by atoms with Crippen LogP contribution in [0.4, 0.5) is 17.6 Å². The molecule has 3 rings (SSSR count). The Morgan fingerprint density at radius 3 is 2.06 bits per heavy atom. The molecule has 0 spiro atoms. The maximum absolute atomic E-state index is 14.3. The molecule has 0 bridgehead atoms. The number of carboxylic acid groups (broad SMARTS) is 1. The molecule has 1 aliphatic carbocycles. The average Bonchev–Trinajstić information content (AvgIpc) is 2.87. The minimum atomic E-state index is -2.74. The van der Waals surface area contributed by atoms with E-state index in [1.54, 1.807) is 30.3 Å². The zero-order valence-electron chi connectivity index (χ0n) is 21.0. The zero-order valence-corrected chi connectivity index (χ0v) is 21.9. The SMILES string of the molecule is CCCCCCCCCC1CCC(c2ccc(SC(F)F)c(F)c2F)CC1.O=C(O)c1ccccc1. The third-order valence-corrected chi connectivity index (χ3v) is 7.56. The van der Waals surface area contributed by atoms with E-state index in [4.69, 9.17) is 5.11 Å². The number of carboxylic acids is 1. The Hall–Kier alpha value is -2.02. The lowest BCUT2D eigenvalue weighted by Gasteiger charge is -2.29. The quantitative estimate of drug-likeness (QED) is 0.170. The number of carbonyl (C=O) groups is 1. The van der Waals surface area contributed by atoms with Crippen LogP contribution in [0.2, 0.25) is 0 Å². The van der Waals surface area contributed by atoms with E-state index in [1.165, 1.54) is 63.5 Å². The summed E-state index contributed by atoms with van der Waals surface area (Å²) in [6.07, 6.45) is 14.2. The molecule has 2 nitrogen and oxygen atoms in total. The Bertz CT molecular complexity index is 900. The van der Waals surface area contributed by atoms with E-state index in [1.807, 2.05) is 0 Å². The minimum absolute atomic E-state index is 0.00962. The second-order valence-corrected chi connectivity index (χ2v) is 10.5. The van der Waals surface area contributed by atoms with Crippen molar-refractivity contribution < 1.29 is 27.5 Å². The topological polar surface area (TPSA) is 37.3 Å². The van der Waals surface area contributed by atoms with Crippen LogP contribution in [0.5, 0.6) is 0 Å². The Morgan fingerprint density at radius 2 is 1.50 bits per heavy atom. The summed E-state index contributed by atoms with van der Waals surface area (Å²) in [6, 6.07) is 11.1. The molecule has 0 amide bonds. The van der Waals surface area contributed by atoms with Crippen molar-refractivity contribution in [2.45, 2.75) is 101 Å². The fourth-order valence-corrected chi connectivity index (χ4v) is 5.31. The summed E-state index contributed by atoms with van der Waals surface area (Å²) in [5.74, 6) is -4.98. The van der Waals surface area contributed by atoms with Gasteiger partial charge in [-0.3, -0.25) is 0 Å². The summed E-state index contributed by atoms with van der Waals surface area (Å²) < 4.78 is 53.2. The van der Waals surface area contributed by atoms with E-state index >= 15 is 0 Å². The highest BCUT2D eigenvalue weighted by atomic mass is 32.2. The predicted octanol–water partition coefficient (Wildman–Crippen LogP) is 10.1. The number of aromatic carboxylic acids is 1. The normalized spacial score (nSPS) is 17.5. The average molecular weight is 527 g/mol. The lowest BCUT2D eigenvalue weighted by molar-refractivity contribution is 0.0697. The largest absolute Gasteiger partial charge is 0.478 e. The van der Waals surface area contributed by atoms with Crippen LogP contribution in [0.25, 0.3) is 0 Å². The molecule has 0 unspecified atom stereocenters. The Kier molecular flexibility index (Phi) is 14.0. The number of rotatable bonds is 12. The van der Waals surface area contributed by atoms with Crippen molar-refractivity contribution in [2.24, 2.45) is 5.92 Å². The van der Waals surface area contributed by atoms with Crippen LogP contribution in [0, 0.1) is 17.6 Å². The lowest BCUT2D eigenvalue weighted by atomic mass is 9.77. The van der Waals surface area contributed by atoms with Crippen molar-refractivity contribution in [1.82, 2.24) is 0 Å². The smallest absolute Gasteiger partial charge is 0.335 e. The standard InChI is InChI=1S/C22H32F4S.C7H6O2/c1-2-3-4-5-6-7-8-9-16-10-12-17(13-11-16)18-14-15-19(27-22(25)26)21(24)20(18)23;8-7(9)6-4-2-1-3-5-6/h14-17,22H,2-13H2,1H3;1-5H,(H,8,9). The molecular formula is C29H38F4O2S. The molecule has 1 saturated carbocycles. The van der Waals surface area contributed by atoms with E-state index < -0.39 is 23.4 Å². The zero-order chi connectivity index (χ0) is 26.3. The first-order valence-electron chi connectivity index (χ1n) is 13.0. The number of benzene rings is 2. The molecular weight excluding hydrogens is 488 g/mol. The van der Waals surface area contributed by atoms with Gasteiger partial charge in [0.2, 0.25) is 0 Å². The fourth-order valence-electron chi connectivity index (χ4n) is 4.78. The van der Waals surface area contributed by atoms with Gasteiger partial charge in [0.05, 0.1) is 10.5 Å². The third kappa shape index (κ3) is 10.5. The van der Waals surface area contributed by atoms with Crippen molar-refractivity contribution in [3.05, 3.63) is 65.2 Å². The second kappa shape index (κ2) is 16.7. The van der Waals surface area contributed by atoms with Gasteiger partial charge in [-0.15, -0.1) is 0 Å². The van der Waals surface area contributed by atoms with E-state index in [-0.39, 0.29) is 22.6 Å². The number of alkyl halides is 2. The molecule has 0 aromatic heterocycles.